The molecule has 2 amide bonds. The molecule has 0 spiro atoms. The first-order valence-corrected chi connectivity index (χ1v) is 6.90. The van der Waals surface area contributed by atoms with E-state index in [1.807, 2.05) is 13.0 Å². The Morgan fingerprint density at radius 1 is 1.35 bits per heavy atom. The summed E-state index contributed by atoms with van der Waals surface area (Å²) in [5, 5.41) is 12.2. The van der Waals surface area contributed by atoms with Crippen LogP contribution < -0.4 is 5.32 Å². The topological polar surface area (TPSA) is 69.6 Å². The molecule has 1 aromatic rings. The van der Waals surface area contributed by atoms with Gasteiger partial charge in [-0.15, -0.1) is 0 Å². The van der Waals surface area contributed by atoms with Crippen molar-refractivity contribution in [3.63, 3.8) is 0 Å². The molecule has 0 saturated heterocycles. The average Bonchev–Trinajstić information content (AvgIpc) is 3.14. The van der Waals surface area contributed by atoms with Gasteiger partial charge in [-0.05, 0) is 43.4 Å². The van der Waals surface area contributed by atoms with Gasteiger partial charge in [0.1, 0.15) is 0 Å². The molecule has 106 valence electrons. The van der Waals surface area contributed by atoms with Gasteiger partial charge in [0, 0.05) is 18.6 Å². The van der Waals surface area contributed by atoms with Gasteiger partial charge in [0.2, 0.25) is 0 Å². The number of nitrogens with zero attached hydrogens (tertiary/aromatic N) is 1. The van der Waals surface area contributed by atoms with Gasteiger partial charge in [-0.25, -0.2) is 9.59 Å². The van der Waals surface area contributed by atoms with E-state index < -0.39 is 5.97 Å². The number of carboxylic acids is 1. The van der Waals surface area contributed by atoms with Crippen LogP contribution in [0.1, 0.15) is 41.3 Å². The van der Waals surface area contributed by atoms with Crippen molar-refractivity contribution in [1.82, 2.24) is 10.2 Å². The molecular formula is C15H18N2O3. The molecule has 0 unspecified atom stereocenters. The van der Waals surface area contributed by atoms with Crippen LogP contribution in [0.15, 0.2) is 18.2 Å². The summed E-state index contributed by atoms with van der Waals surface area (Å²) in [6.07, 6.45) is 2.67. The van der Waals surface area contributed by atoms with Gasteiger partial charge < -0.3 is 15.3 Å². The van der Waals surface area contributed by atoms with Gasteiger partial charge in [0.25, 0.3) is 0 Å². The predicted octanol–water partition coefficient (Wildman–Crippen LogP) is 2.00. The van der Waals surface area contributed by atoms with E-state index >= 15 is 0 Å². The third kappa shape index (κ3) is 2.35. The lowest BCUT2D eigenvalue weighted by atomic mass is 9.94. The lowest BCUT2D eigenvalue weighted by Gasteiger charge is -2.30. The maximum atomic E-state index is 12.2. The van der Waals surface area contributed by atoms with Crippen molar-refractivity contribution >= 4 is 12.0 Å². The van der Waals surface area contributed by atoms with Crippen molar-refractivity contribution < 1.29 is 14.7 Å². The summed E-state index contributed by atoms with van der Waals surface area (Å²) in [5.41, 5.74) is 2.13. The summed E-state index contributed by atoms with van der Waals surface area (Å²) in [6.45, 7) is 3.10. The van der Waals surface area contributed by atoms with E-state index in [0.29, 0.717) is 25.1 Å². The van der Waals surface area contributed by atoms with Crippen molar-refractivity contribution in [3.8, 4) is 0 Å². The van der Waals surface area contributed by atoms with Crippen LogP contribution in [0.2, 0.25) is 0 Å². The van der Waals surface area contributed by atoms with E-state index in [1.165, 1.54) is 0 Å². The lowest BCUT2D eigenvalue weighted by Crippen LogP contribution is -2.47. The Morgan fingerprint density at radius 2 is 2.10 bits per heavy atom. The Morgan fingerprint density at radius 3 is 2.75 bits per heavy atom. The second kappa shape index (κ2) is 4.51. The van der Waals surface area contributed by atoms with Crippen LogP contribution in [-0.2, 0) is 13.0 Å². The van der Waals surface area contributed by atoms with Crippen molar-refractivity contribution in [2.75, 3.05) is 6.54 Å². The molecule has 1 aromatic carbocycles. The molecular weight excluding hydrogens is 256 g/mol. The quantitative estimate of drug-likeness (QED) is 0.866. The molecule has 2 aliphatic rings. The molecule has 1 aliphatic carbocycles. The monoisotopic (exact) mass is 274 g/mol. The number of hydrogen-bond acceptors (Lipinski definition) is 2. The minimum Gasteiger partial charge on any atom is -0.478 e. The highest BCUT2D eigenvalue weighted by molar-refractivity contribution is 5.90. The SMILES string of the molecule is CC1(NC(=O)N2CCc3c(cccc3C(=O)O)C2)CC1. The molecule has 0 bridgehead atoms. The maximum Gasteiger partial charge on any atom is 0.335 e. The number of carboxylic acid groups (broad SMARTS) is 1. The summed E-state index contributed by atoms with van der Waals surface area (Å²) >= 11 is 0. The van der Waals surface area contributed by atoms with E-state index in [4.69, 9.17) is 0 Å². The highest BCUT2D eigenvalue weighted by Crippen LogP contribution is 2.34. The summed E-state index contributed by atoms with van der Waals surface area (Å²) in [5.74, 6) is -0.898. The molecule has 1 aliphatic heterocycles. The van der Waals surface area contributed by atoms with E-state index in [0.717, 1.165) is 24.0 Å². The first-order chi connectivity index (χ1) is 9.48. The third-order valence-electron chi connectivity index (χ3n) is 4.19. The van der Waals surface area contributed by atoms with Crippen molar-refractivity contribution in [2.45, 2.75) is 38.3 Å². The molecule has 0 aromatic heterocycles. The zero-order valence-corrected chi connectivity index (χ0v) is 11.5. The Labute approximate surface area is 117 Å². The summed E-state index contributed by atoms with van der Waals surface area (Å²) in [4.78, 5) is 25.1. The number of hydrogen-bond donors (Lipinski definition) is 2. The van der Waals surface area contributed by atoms with Crippen LogP contribution in [0.5, 0.6) is 0 Å². The molecule has 5 nitrogen and oxygen atoms in total. The minimum atomic E-state index is -0.898. The van der Waals surface area contributed by atoms with Crippen LogP contribution in [0.25, 0.3) is 0 Å². The minimum absolute atomic E-state index is 0.0275. The van der Waals surface area contributed by atoms with Gasteiger partial charge in [-0.2, -0.15) is 0 Å². The predicted molar refractivity (Wildman–Crippen MR) is 73.7 cm³/mol. The van der Waals surface area contributed by atoms with E-state index in [1.54, 1.807) is 17.0 Å². The van der Waals surface area contributed by atoms with Crippen molar-refractivity contribution in [3.05, 3.63) is 34.9 Å². The number of aromatic carboxylic acids is 1. The van der Waals surface area contributed by atoms with E-state index in [9.17, 15) is 14.7 Å². The Kier molecular flexibility index (Phi) is 2.92. The van der Waals surface area contributed by atoms with Crippen LogP contribution in [0.3, 0.4) is 0 Å². The van der Waals surface area contributed by atoms with Crippen molar-refractivity contribution in [1.29, 1.82) is 0 Å². The molecule has 1 fully saturated rings. The van der Waals surface area contributed by atoms with Crippen molar-refractivity contribution in [2.24, 2.45) is 0 Å². The molecule has 1 heterocycles. The molecule has 20 heavy (non-hydrogen) atoms. The van der Waals surface area contributed by atoms with Gasteiger partial charge in [0.05, 0.1) is 5.56 Å². The summed E-state index contributed by atoms with van der Waals surface area (Å²) in [6, 6.07) is 5.23. The van der Waals surface area contributed by atoms with Gasteiger partial charge in [0.15, 0.2) is 0 Å². The number of nitrogens with one attached hydrogen (secondary N) is 1. The summed E-state index contributed by atoms with van der Waals surface area (Å²) < 4.78 is 0. The number of fused-ring (bicyclic) bond motifs is 1. The summed E-state index contributed by atoms with van der Waals surface area (Å²) in [7, 11) is 0. The van der Waals surface area contributed by atoms with Crippen LogP contribution >= 0.6 is 0 Å². The maximum absolute atomic E-state index is 12.2. The molecule has 5 heteroatoms. The molecule has 0 radical (unpaired) electrons. The van der Waals surface area contributed by atoms with Crippen LogP contribution in [0, 0.1) is 0 Å². The Balaban J connectivity index is 1.77. The Bertz CT molecular complexity index is 578. The third-order valence-corrected chi connectivity index (χ3v) is 4.19. The highest BCUT2D eigenvalue weighted by Gasteiger charge is 2.40. The zero-order chi connectivity index (χ0) is 14.3. The number of benzene rings is 1. The zero-order valence-electron chi connectivity index (χ0n) is 11.5. The second-order valence-electron chi connectivity index (χ2n) is 5.91. The first kappa shape index (κ1) is 13.0. The van der Waals surface area contributed by atoms with Gasteiger partial charge in [-0.1, -0.05) is 12.1 Å². The van der Waals surface area contributed by atoms with E-state index in [2.05, 4.69) is 5.32 Å². The van der Waals surface area contributed by atoms with Crippen LogP contribution in [0.4, 0.5) is 4.79 Å². The average molecular weight is 274 g/mol. The smallest absolute Gasteiger partial charge is 0.335 e. The van der Waals surface area contributed by atoms with Crippen LogP contribution in [-0.4, -0.2) is 34.1 Å². The number of rotatable bonds is 2. The fraction of sp³-hybridized carbons (Fsp3) is 0.467. The Hall–Kier alpha value is -2.04. The van der Waals surface area contributed by atoms with Gasteiger partial charge >= 0.3 is 12.0 Å². The largest absolute Gasteiger partial charge is 0.478 e. The fourth-order valence-electron chi connectivity index (χ4n) is 2.63. The highest BCUT2D eigenvalue weighted by atomic mass is 16.4. The molecule has 2 N–H and O–H groups in total. The number of urea groups is 1. The fourth-order valence-corrected chi connectivity index (χ4v) is 2.63. The number of carbonyl (C=O) groups excluding carboxylic acids is 1. The molecule has 1 saturated carbocycles. The standard InChI is InChI=1S/C15H18N2O3/c1-15(6-7-15)16-14(20)17-8-5-11-10(9-17)3-2-4-12(11)13(18)19/h2-4H,5-9H2,1H3,(H,16,20)(H,18,19). The normalized spacial score (nSPS) is 19.1. The van der Waals surface area contributed by atoms with E-state index in [-0.39, 0.29) is 11.6 Å². The molecule has 0 atom stereocenters. The lowest BCUT2D eigenvalue weighted by molar-refractivity contribution is 0.0695. The number of carbonyl (C=O) groups is 2. The number of amides is 2. The first-order valence-electron chi connectivity index (χ1n) is 6.90. The van der Waals surface area contributed by atoms with Gasteiger partial charge in [-0.3, -0.25) is 0 Å². The molecule has 3 rings (SSSR count). The second-order valence-corrected chi connectivity index (χ2v) is 5.91.